The summed E-state index contributed by atoms with van der Waals surface area (Å²) in [6.45, 7) is 0. The van der Waals surface area contributed by atoms with E-state index in [1.165, 1.54) is 12.8 Å². The maximum atomic E-state index is 12.1. The highest BCUT2D eigenvalue weighted by Crippen LogP contribution is 2.23. The van der Waals surface area contributed by atoms with Crippen LogP contribution in [0.15, 0.2) is 48.7 Å². The molecule has 1 fully saturated rings. The number of pyridine rings is 1. The lowest BCUT2D eigenvalue weighted by Gasteiger charge is -2.04. The highest BCUT2D eigenvalue weighted by atomic mass is 16.1. The molecule has 0 unspecified atom stereocenters. The number of anilines is 1. The van der Waals surface area contributed by atoms with Crippen LogP contribution in [0.1, 0.15) is 28.8 Å². The summed E-state index contributed by atoms with van der Waals surface area (Å²) in [4.78, 5) is 16.4. The summed E-state index contributed by atoms with van der Waals surface area (Å²) in [6, 6.07) is 13.5. The van der Waals surface area contributed by atoms with Gasteiger partial charge in [-0.05, 0) is 25.0 Å². The normalized spacial score (nSPS) is 14.2. The quantitative estimate of drug-likeness (QED) is 0.833. The van der Waals surface area contributed by atoms with Crippen molar-refractivity contribution in [1.29, 1.82) is 0 Å². The topological polar surface area (TPSA) is 42.0 Å². The molecule has 0 amide bonds. The van der Waals surface area contributed by atoms with Gasteiger partial charge in [-0.3, -0.25) is 4.79 Å². The molecule has 3 rings (SSSR count). The number of rotatable bonds is 4. The molecule has 18 heavy (non-hydrogen) atoms. The fraction of sp³-hybridized carbons (Fsp3) is 0.200. The van der Waals surface area contributed by atoms with Gasteiger partial charge in [0.15, 0.2) is 5.78 Å². The van der Waals surface area contributed by atoms with Gasteiger partial charge in [-0.2, -0.15) is 0 Å². The molecule has 1 saturated carbocycles. The Kier molecular flexibility index (Phi) is 2.81. The number of hydrogen-bond donors (Lipinski definition) is 1. The highest BCUT2D eigenvalue weighted by molar-refractivity contribution is 6.08. The van der Waals surface area contributed by atoms with Crippen molar-refractivity contribution in [2.75, 3.05) is 5.32 Å². The summed E-state index contributed by atoms with van der Waals surface area (Å²) in [5.41, 5.74) is 1.32. The molecular weight excluding hydrogens is 224 g/mol. The Morgan fingerprint density at radius 1 is 1.06 bits per heavy atom. The molecule has 1 aromatic heterocycles. The summed E-state index contributed by atoms with van der Waals surface area (Å²) in [5.74, 6) is 0.864. The SMILES string of the molecule is O=C(c1ccccc1)c1ccc(NC2CC2)nc1. The van der Waals surface area contributed by atoms with E-state index in [2.05, 4.69) is 10.3 Å². The van der Waals surface area contributed by atoms with Crippen LogP contribution < -0.4 is 5.32 Å². The number of aromatic nitrogens is 1. The fourth-order valence-electron chi connectivity index (χ4n) is 1.81. The molecule has 3 nitrogen and oxygen atoms in total. The smallest absolute Gasteiger partial charge is 0.194 e. The van der Waals surface area contributed by atoms with Crippen molar-refractivity contribution in [3.8, 4) is 0 Å². The van der Waals surface area contributed by atoms with Crippen LogP contribution in [0.25, 0.3) is 0 Å². The van der Waals surface area contributed by atoms with Crippen LogP contribution in [0.3, 0.4) is 0 Å². The monoisotopic (exact) mass is 238 g/mol. The van der Waals surface area contributed by atoms with E-state index in [0.29, 0.717) is 17.2 Å². The van der Waals surface area contributed by atoms with E-state index in [-0.39, 0.29) is 5.78 Å². The molecule has 0 atom stereocenters. The molecule has 0 spiro atoms. The number of ketones is 1. The summed E-state index contributed by atoms with van der Waals surface area (Å²) in [6.07, 6.45) is 4.07. The lowest BCUT2D eigenvalue weighted by Crippen LogP contribution is -2.05. The lowest BCUT2D eigenvalue weighted by atomic mass is 10.1. The molecule has 0 aliphatic heterocycles. The van der Waals surface area contributed by atoms with E-state index in [1.807, 2.05) is 42.5 Å². The van der Waals surface area contributed by atoms with Gasteiger partial charge in [0.2, 0.25) is 0 Å². The predicted molar refractivity (Wildman–Crippen MR) is 70.8 cm³/mol. The van der Waals surface area contributed by atoms with Crippen LogP contribution in [0.2, 0.25) is 0 Å². The standard InChI is InChI=1S/C15H14N2O/c18-15(11-4-2-1-3-5-11)12-6-9-14(16-10-12)17-13-7-8-13/h1-6,9-10,13H,7-8H2,(H,16,17). The van der Waals surface area contributed by atoms with Crippen LogP contribution in [0.5, 0.6) is 0 Å². The van der Waals surface area contributed by atoms with Crippen molar-refractivity contribution in [3.63, 3.8) is 0 Å². The molecule has 1 N–H and O–H groups in total. The summed E-state index contributed by atoms with van der Waals surface area (Å²) < 4.78 is 0. The second kappa shape index (κ2) is 4.61. The molecule has 1 aliphatic rings. The molecule has 0 saturated heterocycles. The number of benzene rings is 1. The first kappa shape index (κ1) is 11.0. The van der Waals surface area contributed by atoms with E-state index >= 15 is 0 Å². The molecule has 0 radical (unpaired) electrons. The maximum Gasteiger partial charge on any atom is 0.194 e. The van der Waals surface area contributed by atoms with E-state index in [4.69, 9.17) is 0 Å². The number of nitrogens with zero attached hydrogens (tertiary/aromatic N) is 1. The Morgan fingerprint density at radius 3 is 2.44 bits per heavy atom. The van der Waals surface area contributed by atoms with Crippen molar-refractivity contribution in [2.24, 2.45) is 0 Å². The predicted octanol–water partition coefficient (Wildman–Crippen LogP) is 2.89. The number of nitrogens with one attached hydrogen (secondary N) is 1. The van der Waals surface area contributed by atoms with Crippen LogP contribution in [-0.4, -0.2) is 16.8 Å². The zero-order valence-corrected chi connectivity index (χ0v) is 9.97. The first-order valence-corrected chi connectivity index (χ1v) is 6.15. The Morgan fingerprint density at radius 2 is 1.83 bits per heavy atom. The largest absolute Gasteiger partial charge is 0.367 e. The van der Waals surface area contributed by atoms with Gasteiger partial charge in [-0.15, -0.1) is 0 Å². The molecule has 2 aromatic rings. The minimum Gasteiger partial charge on any atom is -0.367 e. The van der Waals surface area contributed by atoms with Crippen molar-refractivity contribution >= 4 is 11.6 Å². The van der Waals surface area contributed by atoms with Crippen molar-refractivity contribution in [1.82, 2.24) is 4.98 Å². The van der Waals surface area contributed by atoms with Crippen molar-refractivity contribution < 1.29 is 4.79 Å². The molecular formula is C15H14N2O. The molecule has 1 heterocycles. The summed E-state index contributed by atoms with van der Waals surface area (Å²) >= 11 is 0. The number of carbonyl (C=O) groups is 1. The van der Waals surface area contributed by atoms with E-state index in [9.17, 15) is 4.79 Å². The first-order valence-electron chi connectivity index (χ1n) is 6.15. The van der Waals surface area contributed by atoms with Gasteiger partial charge < -0.3 is 5.32 Å². The van der Waals surface area contributed by atoms with Crippen molar-refractivity contribution in [3.05, 3.63) is 59.8 Å². The van der Waals surface area contributed by atoms with E-state index in [1.54, 1.807) is 6.20 Å². The van der Waals surface area contributed by atoms with Gasteiger partial charge >= 0.3 is 0 Å². The minimum atomic E-state index is 0.0149. The van der Waals surface area contributed by atoms with Crippen LogP contribution >= 0.6 is 0 Å². The summed E-state index contributed by atoms with van der Waals surface area (Å²) in [5, 5.41) is 3.30. The number of carbonyl (C=O) groups excluding carboxylic acids is 1. The van der Waals surface area contributed by atoms with Gasteiger partial charge in [0.05, 0.1) is 0 Å². The average Bonchev–Trinajstić information content (AvgIpc) is 3.24. The van der Waals surface area contributed by atoms with Crippen LogP contribution in [0, 0.1) is 0 Å². The molecule has 90 valence electrons. The van der Waals surface area contributed by atoms with Gasteiger partial charge in [0, 0.05) is 23.4 Å². The Hall–Kier alpha value is -2.16. The second-order valence-corrected chi connectivity index (χ2v) is 4.55. The Balaban J connectivity index is 1.77. The van der Waals surface area contributed by atoms with Crippen LogP contribution in [0.4, 0.5) is 5.82 Å². The molecule has 3 heteroatoms. The van der Waals surface area contributed by atoms with Crippen LogP contribution in [-0.2, 0) is 0 Å². The molecule has 1 aromatic carbocycles. The Bertz CT molecular complexity index is 544. The Labute approximate surface area is 106 Å². The molecule has 1 aliphatic carbocycles. The average molecular weight is 238 g/mol. The zero-order valence-electron chi connectivity index (χ0n) is 9.97. The highest BCUT2D eigenvalue weighted by Gasteiger charge is 2.21. The third kappa shape index (κ3) is 2.40. The van der Waals surface area contributed by atoms with E-state index < -0.39 is 0 Å². The minimum absolute atomic E-state index is 0.0149. The maximum absolute atomic E-state index is 12.1. The second-order valence-electron chi connectivity index (χ2n) is 4.55. The molecule has 0 bridgehead atoms. The van der Waals surface area contributed by atoms with E-state index in [0.717, 1.165) is 5.82 Å². The summed E-state index contributed by atoms with van der Waals surface area (Å²) in [7, 11) is 0. The third-order valence-electron chi connectivity index (χ3n) is 2.99. The van der Waals surface area contributed by atoms with Crippen molar-refractivity contribution in [2.45, 2.75) is 18.9 Å². The lowest BCUT2D eigenvalue weighted by molar-refractivity contribution is 0.103. The zero-order chi connectivity index (χ0) is 12.4. The van der Waals surface area contributed by atoms with Gasteiger partial charge in [-0.25, -0.2) is 4.98 Å². The first-order chi connectivity index (χ1) is 8.83. The van der Waals surface area contributed by atoms with Gasteiger partial charge in [0.1, 0.15) is 5.82 Å². The third-order valence-corrected chi connectivity index (χ3v) is 2.99. The van der Waals surface area contributed by atoms with Gasteiger partial charge in [0.25, 0.3) is 0 Å². The fourth-order valence-corrected chi connectivity index (χ4v) is 1.81. The number of hydrogen-bond acceptors (Lipinski definition) is 3. The van der Waals surface area contributed by atoms with Gasteiger partial charge in [-0.1, -0.05) is 30.3 Å².